The van der Waals surface area contributed by atoms with Crippen LogP contribution in [-0.2, 0) is 0 Å². The van der Waals surface area contributed by atoms with Gasteiger partial charge in [0.05, 0.1) is 6.67 Å². The van der Waals surface area contributed by atoms with E-state index in [9.17, 15) is 4.39 Å². The molecule has 1 aliphatic rings. The fourth-order valence-corrected chi connectivity index (χ4v) is 1.26. The lowest BCUT2D eigenvalue weighted by atomic mass is 10.0. The maximum absolute atomic E-state index is 11.6. The largest absolute Gasteiger partial charge is 0.396 e. The van der Waals surface area contributed by atoms with Crippen LogP contribution in [0.25, 0.3) is 0 Å². The van der Waals surface area contributed by atoms with E-state index in [2.05, 4.69) is 4.90 Å². The summed E-state index contributed by atoms with van der Waals surface area (Å²) in [5.41, 5.74) is 0. The molecule has 0 aromatic heterocycles. The van der Waals surface area contributed by atoms with E-state index < -0.39 is 0 Å². The van der Waals surface area contributed by atoms with E-state index in [-0.39, 0.29) is 13.3 Å². The first kappa shape index (κ1) is 7.95. The van der Waals surface area contributed by atoms with Crippen molar-refractivity contribution < 1.29 is 9.50 Å². The van der Waals surface area contributed by atoms with E-state index in [0.717, 1.165) is 19.6 Å². The lowest BCUT2D eigenvalue weighted by Gasteiger charge is -2.37. The minimum atomic E-state index is -0.222. The van der Waals surface area contributed by atoms with Gasteiger partial charge < -0.3 is 10.0 Å². The Kier molecular flexibility index (Phi) is 3.09. The van der Waals surface area contributed by atoms with Gasteiger partial charge in [-0.1, -0.05) is 0 Å². The lowest BCUT2D eigenvalue weighted by molar-refractivity contribution is 0.0519. The summed E-state index contributed by atoms with van der Waals surface area (Å²) in [7, 11) is 0. The zero-order valence-electron chi connectivity index (χ0n) is 6.09. The molecular formula is C7H14FNO. The van der Waals surface area contributed by atoms with Crippen molar-refractivity contribution in [2.24, 2.45) is 5.92 Å². The minimum Gasteiger partial charge on any atom is -0.396 e. The van der Waals surface area contributed by atoms with Gasteiger partial charge in [0.1, 0.15) is 0 Å². The number of aliphatic hydroxyl groups is 1. The predicted molar refractivity (Wildman–Crippen MR) is 37.6 cm³/mol. The minimum absolute atomic E-state index is 0.222. The van der Waals surface area contributed by atoms with Crippen LogP contribution >= 0.6 is 0 Å². The second-order valence-corrected chi connectivity index (χ2v) is 2.85. The first-order valence-corrected chi connectivity index (χ1v) is 3.76. The molecule has 0 unspecified atom stereocenters. The summed E-state index contributed by atoms with van der Waals surface area (Å²) in [6, 6.07) is 0. The van der Waals surface area contributed by atoms with Gasteiger partial charge in [-0.05, 0) is 6.42 Å². The van der Waals surface area contributed by atoms with E-state index >= 15 is 0 Å². The third-order valence-electron chi connectivity index (χ3n) is 1.90. The Bertz CT molecular complexity index is 90.9. The predicted octanol–water partition coefficient (Wildman–Crippen LogP) is 0.270. The summed E-state index contributed by atoms with van der Waals surface area (Å²) in [5, 5.41) is 8.63. The van der Waals surface area contributed by atoms with Gasteiger partial charge in [0.15, 0.2) is 0 Å². The Balaban J connectivity index is 1.93. The average Bonchev–Trinajstić information content (AvgIpc) is 1.86. The highest BCUT2D eigenvalue weighted by atomic mass is 19.1. The molecule has 1 N–H and O–H groups in total. The van der Waals surface area contributed by atoms with Gasteiger partial charge in [0.25, 0.3) is 0 Å². The fraction of sp³-hybridized carbons (Fsp3) is 1.00. The highest BCUT2D eigenvalue weighted by Gasteiger charge is 2.24. The van der Waals surface area contributed by atoms with Crippen LogP contribution < -0.4 is 0 Å². The lowest BCUT2D eigenvalue weighted by Crippen LogP contribution is -2.48. The molecular weight excluding hydrogens is 133 g/mol. The van der Waals surface area contributed by atoms with Crippen molar-refractivity contribution in [3.63, 3.8) is 0 Å². The second kappa shape index (κ2) is 3.88. The smallest absolute Gasteiger partial charge is 0.0906 e. The Morgan fingerprint density at radius 2 is 2.20 bits per heavy atom. The summed E-state index contributed by atoms with van der Waals surface area (Å²) < 4.78 is 11.6. The quantitative estimate of drug-likeness (QED) is 0.617. The van der Waals surface area contributed by atoms with E-state index in [1.807, 2.05) is 0 Å². The molecule has 1 heterocycles. The number of nitrogens with zero attached hydrogens (tertiary/aromatic N) is 1. The first-order valence-electron chi connectivity index (χ1n) is 3.76. The van der Waals surface area contributed by atoms with Crippen LogP contribution in [0.5, 0.6) is 0 Å². The summed E-state index contributed by atoms with van der Waals surface area (Å²) in [6.07, 6.45) is 0.637. The molecule has 1 saturated heterocycles. The third-order valence-corrected chi connectivity index (χ3v) is 1.90. The average molecular weight is 147 g/mol. The number of hydrogen-bond donors (Lipinski definition) is 1. The van der Waals surface area contributed by atoms with Crippen LogP contribution in [0.15, 0.2) is 0 Å². The molecule has 0 bridgehead atoms. The Morgan fingerprint density at radius 3 is 2.70 bits per heavy atom. The number of hydrogen-bond acceptors (Lipinski definition) is 2. The Hall–Kier alpha value is -0.150. The molecule has 1 rings (SSSR count). The van der Waals surface area contributed by atoms with Crippen LogP contribution in [0.3, 0.4) is 0 Å². The fourth-order valence-electron chi connectivity index (χ4n) is 1.26. The van der Waals surface area contributed by atoms with Crippen molar-refractivity contribution in [1.29, 1.82) is 0 Å². The Morgan fingerprint density at radius 1 is 1.50 bits per heavy atom. The van der Waals surface area contributed by atoms with Crippen LogP contribution in [-0.4, -0.2) is 42.9 Å². The van der Waals surface area contributed by atoms with Crippen molar-refractivity contribution in [2.75, 3.05) is 32.9 Å². The second-order valence-electron chi connectivity index (χ2n) is 2.85. The number of rotatable bonds is 4. The molecule has 0 aromatic carbocycles. The van der Waals surface area contributed by atoms with E-state index in [1.165, 1.54) is 0 Å². The van der Waals surface area contributed by atoms with Crippen LogP contribution in [0.4, 0.5) is 4.39 Å². The maximum atomic E-state index is 11.6. The molecule has 0 aliphatic carbocycles. The van der Waals surface area contributed by atoms with Gasteiger partial charge in [-0.15, -0.1) is 0 Å². The molecule has 0 saturated carbocycles. The molecule has 0 radical (unpaired) electrons. The molecule has 0 spiro atoms. The van der Waals surface area contributed by atoms with E-state index in [0.29, 0.717) is 12.3 Å². The number of halogens is 1. The van der Waals surface area contributed by atoms with E-state index in [4.69, 9.17) is 5.11 Å². The van der Waals surface area contributed by atoms with Crippen LogP contribution in [0.1, 0.15) is 6.42 Å². The van der Waals surface area contributed by atoms with Gasteiger partial charge in [0, 0.05) is 32.2 Å². The highest BCUT2D eigenvalue weighted by Crippen LogP contribution is 2.13. The molecule has 1 aliphatic heterocycles. The zero-order chi connectivity index (χ0) is 7.40. The van der Waals surface area contributed by atoms with Crippen molar-refractivity contribution in [2.45, 2.75) is 6.42 Å². The SMILES string of the molecule is OCC1CN(CCCF)C1. The molecule has 10 heavy (non-hydrogen) atoms. The van der Waals surface area contributed by atoms with Crippen molar-refractivity contribution in [3.05, 3.63) is 0 Å². The normalized spacial score (nSPS) is 21.0. The molecule has 60 valence electrons. The highest BCUT2D eigenvalue weighted by molar-refractivity contribution is 4.78. The number of likely N-dealkylation sites (tertiary alicyclic amines) is 1. The van der Waals surface area contributed by atoms with Crippen molar-refractivity contribution in [1.82, 2.24) is 4.90 Å². The summed E-state index contributed by atoms with van der Waals surface area (Å²) in [5.74, 6) is 0.458. The van der Waals surface area contributed by atoms with Gasteiger partial charge in [0.2, 0.25) is 0 Å². The van der Waals surface area contributed by atoms with Gasteiger partial charge >= 0.3 is 0 Å². The summed E-state index contributed by atoms with van der Waals surface area (Å²) in [6.45, 7) is 2.83. The maximum Gasteiger partial charge on any atom is 0.0906 e. The number of alkyl halides is 1. The van der Waals surface area contributed by atoms with Gasteiger partial charge in [-0.25, -0.2) is 0 Å². The molecule has 3 heteroatoms. The standard InChI is InChI=1S/C7H14FNO/c8-2-1-3-9-4-7(5-9)6-10/h7,10H,1-6H2. The Labute approximate surface area is 60.6 Å². The first-order chi connectivity index (χ1) is 4.86. The monoisotopic (exact) mass is 147 g/mol. The van der Waals surface area contributed by atoms with Crippen LogP contribution in [0, 0.1) is 5.92 Å². The van der Waals surface area contributed by atoms with Crippen molar-refractivity contribution in [3.8, 4) is 0 Å². The topological polar surface area (TPSA) is 23.5 Å². The van der Waals surface area contributed by atoms with Crippen LogP contribution in [0.2, 0.25) is 0 Å². The number of aliphatic hydroxyl groups excluding tert-OH is 1. The molecule has 0 atom stereocenters. The third kappa shape index (κ3) is 1.92. The molecule has 1 fully saturated rings. The summed E-state index contributed by atoms with van der Waals surface area (Å²) in [4.78, 5) is 2.17. The van der Waals surface area contributed by atoms with Gasteiger partial charge in [-0.2, -0.15) is 0 Å². The molecule has 0 aromatic rings. The molecule has 0 amide bonds. The zero-order valence-corrected chi connectivity index (χ0v) is 6.09. The van der Waals surface area contributed by atoms with Crippen molar-refractivity contribution >= 4 is 0 Å². The van der Waals surface area contributed by atoms with E-state index in [1.54, 1.807) is 0 Å². The summed E-state index contributed by atoms with van der Waals surface area (Å²) >= 11 is 0. The molecule has 2 nitrogen and oxygen atoms in total. The van der Waals surface area contributed by atoms with Gasteiger partial charge in [-0.3, -0.25) is 4.39 Å².